The zero-order chi connectivity index (χ0) is 33.1. The van der Waals surface area contributed by atoms with Crippen LogP contribution in [0, 0.1) is 0 Å². The Morgan fingerprint density at radius 3 is 1.44 bits per heavy atom. The maximum atomic E-state index is 12.6. The normalized spacial score (nSPS) is 12.7. The van der Waals surface area contributed by atoms with Crippen LogP contribution in [0.1, 0.15) is 207 Å². The van der Waals surface area contributed by atoms with E-state index in [1.165, 1.54) is 128 Å². The number of carbonyl (C=O) groups is 2. The molecule has 0 spiro atoms. The number of esters is 1. The van der Waals surface area contributed by atoms with Crippen molar-refractivity contribution in [3.63, 3.8) is 0 Å². The maximum absolute atomic E-state index is 12.6. The van der Waals surface area contributed by atoms with Gasteiger partial charge in [0.2, 0.25) is 5.91 Å². The molecule has 2 atom stereocenters. The van der Waals surface area contributed by atoms with E-state index in [-0.39, 0.29) is 30.6 Å². The van der Waals surface area contributed by atoms with Crippen LogP contribution in [0.3, 0.4) is 0 Å². The number of ether oxygens (including phenoxy) is 1. The zero-order valence-corrected chi connectivity index (χ0v) is 30.5. The van der Waals surface area contributed by atoms with Crippen LogP contribution in [0.4, 0.5) is 0 Å². The molecule has 0 bridgehead atoms. The molecule has 6 nitrogen and oxygen atoms in total. The van der Waals surface area contributed by atoms with Crippen molar-refractivity contribution >= 4 is 11.9 Å². The maximum Gasteiger partial charge on any atom is 0.306 e. The third kappa shape index (κ3) is 32.6. The molecule has 0 unspecified atom stereocenters. The first-order chi connectivity index (χ1) is 22.1. The van der Waals surface area contributed by atoms with Gasteiger partial charge in [-0.05, 0) is 38.6 Å². The molecule has 0 aliphatic heterocycles. The van der Waals surface area contributed by atoms with E-state index in [1.807, 2.05) is 0 Å². The standard InChI is InChI=1S/C39H78N2O4/c1-4-7-10-13-15-17-18-20-21-24-27-30-38(43)41-36(35-42)34-40-33-32-37(29-26-23-12-9-6-3)45-39(44)31-28-25-22-19-16-14-11-8-5-2/h36-37,40,42H,4-35H2,1-3H3,(H,41,43)/t36-,37-/m1/s1. The Kier molecular flexibility index (Phi) is 34.8. The summed E-state index contributed by atoms with van der Waals surface area (Å²) in [5.74, 6) is -0.0263. The molecule has 268 valence electrons. The number of aliphatic hydroxyl groups is 1. The predicted molar refractivity (Wildman–Crippen MR) is 193 cm³/mol. The van der Waals surface area contributed by atoms with E-state index >= 15 is 0 Å². The highest BCUT2D eigenvalue weighted by Gasteiger charge is 2.16. The van der Waals surface area contributed by atoms with E-state index in [4.69, 9.17) is 4.74 Å². The molecular formula is C39H78N2O4. The van der Waals surface area contributed by atoms with Crippen molar-refractivity contribution < 1.29 is 19.4 Å². The first-order valence-electron chi connectivity index (χ1n) is 19.9. The Morgan fingerprint density at radius 2 is 0.978 bits per heavy atom. The van der Waals surface area contributed by atoms with Crippen molar-refractivity contribution in [3.05, 3.63) is 0 Å². The van der Waals surface area contributed by atoms with Gasteiger partial charge in [0.15, 0.2) is 0 Å². The van der Waals surface area contributed by atoms with E-state index in [0.717, 1.165) is 44.9 Å². The first kappa shape index (κ1) is 43.9. The summed E-state index contributed by atoms with van der Waals surface area (Å²) in [4.78, 5) is 25.0. The molecule has 0 heterocycles. The van der Waals surface area contributed by atoms with Crippen molar-refractivity contribution in [2.45, 2.75) is 219 Å². The summed E-state index contributed by atoms with van der Waals surface area (Å²) in [6.07, 6.45) is 33.8. The average molecular weight is 639 g/mol. The Bertz CT molecular complexity index is 630. The van der Waals surface area contributed by atoms with Gasteiger partial charge in [0.1, 0.15) is 6.10 Å². The van der Waals surface area contributed by atoms with Gasteiger partial charge in [0.05, 0.1) is 12.6 Å². The molecule has 0 saturated carbocycles. The number of unbranched alkanes of at least 4 members (excludes halogenated alkanes) is 22. The lowest BCUT2D eigenvalue weighted by molar-refractivity contribution is -0.149. The molecule has 3 N–H and O–H groups in total. The van der Waals surface area contributed by atoms with Crippen LogP contribution in [0.25, 0.3) is 0 Å². The second-order valence-corrected chi connectivity index (χ2v) is 13.6. The van der Waals surface area contributed by atoms with E-state index in [9.17, 15) is 14.7 Å². The molecule has 0 aromatic carbocycles. The van der Waals surface area contributed by atoms with Crippen LogP contribution in [0.15, 0.2) is 0 Å². The van der Waals surface area contributed by atoms with Crippen molar-refractivity contribution in [1.29, 1.82) is 0 Å². The van der Waals surface area contributed by atoms with E-state index in [0.29, 0.717) is 25.9 Å². The number of carbonyl (C=O) groups excluding carboxylic acids is 2. The third-order valence-corrected chi connectivity index (χ3v) is 9.04. The fourth-order valence-corrected chi connectivity index (χ4v) is 6.01. The molecule has 0 aromatic heterocycles. The van der Waals surface area contributed by atoms with Crippen LogP contribution in [0.5, 0.6) is 0 Å². The minimum atomic E-state index is -0.285. The summed E-state index contributed by atoms with van der Waals surface area (Å²) in [6.45, 7) is 7.89. The monoisotopic (exact) mass is 639 g/mol. The quantitative estimate of drug-likeness (QED) is 0.0469. The van der Waals surface area contributed by atoms with Crippen molar-refractivity contribution in [1.82, 2.24) is 10.6 Å². The van der Waals surface area contributed by atoms with Crippen molar-refractivity contribution in [3.8, 4) is 0 Å². The first-order valence-corrected chi connectivity index (χ1v) is 19.9. The molecule has 0 aromatic rings. The minimum Gasteiger partial charge on any atom is -0.462 e. The van der Waals surface area contributed by atoms with E-state index in [1.54, 1.807) is 0 Å². The second kappa shape index (κ2) is 35.7. The van der Waals surface area contributed by atoms with Crippen LogP contribution in [-0.4, -0.2) is 48.8 Å². The molecular weight excluding hydrogens is 560 g/mol. The number of nitrogens with one attached hydrogen (secondary N) is 2. The lowest BCUT2D eigenvalue weighted by atomic mass is 10.1. The summed E-state index contributed by atoms with van der Waals surface area (Å²) in [5.41, 5.74) is 0. The van der Waals surface area contributed by atoms with Gasteiger partial charge in [-0.1, -0.05) is 162 Å². The minimum absolute atomic E-state index is 0.0298. The summed E-state index contributed by atoms with van der Waals surface area (Å²) in [7, 11) is 0. The molecule has 0 saturated heterocycles. The van der Waals surface area contributed by atoms with Crippen molar-refractivity contribution in [2.24, 2.45) is 0 Å². The summed E-state index contributed by atoms with van der Waals surface area (Å²) < 4.78 is 5.93. The molecule has 0 aliphatic rings. The number of amides is 1. The van der Waals surface area contributed by atoms with Gasteiger partial charge in [0, 0.05) is 19.4 Å². The van der Waals surface area contributed by atoms with Crippen molar-refractivity contribution in [2.75, 3.05) is 19.7 Å². The van der Waals surface area contributed by atoms with Crippen LogP contribution in [-0.2, 0) is 14.3 Å². The molecule has 1 amide bonds. The zero-order valence-electron chi connectivity index (χ0n) is 30.5. The predicted octanol–water partition coefficient (Wildman–Crippen LogP) is 10.3. The summed E-state index contributed by atoms with van der Waals surface area (Å²) in [5, 5.41) is 16.2. The highest BCUT2D eigenvalue weighted by Crippen LogP contribution is 2.15. The average Bonchev–Trinajstić information content (AvgIpc) is 3.03. The number of aliphatic hydroxyl groups excluding tert-OH is 1. The highest BCUT2D eigenvalue weighted by molar-refractivity contribution is 5.76. The Labute approximate surface area is 280 Å². The van der Waals surface area contributed by atoms with Gasteiger partial charge in [-0.25, -0.2) is 0 Å². The second-order valence-electron chi connectivity index (χ2n) is 13.6. The van der Waals surface area contributed by atoms with E-state index in [2.05, 4.69) is 31.4 Å². The lowest BCUT2D eigenvalue weighted by Gasteiger charge is -2.20. The Morgan fingerprint density at radius 1 is 0.556 bits per heavy atom. The molecule has 0 radical (unpaired) electrons. The fourth-order valence-electron chi connectivity index (χ4n) is 6.01. The SMILES string of the molecule is CCCCCCCCCCCCCC(=O)N[C@@H](CO)CNCC[C@@H](CCCCCCC)OC(=O)CCCCCCCCCCC. The highest BCUT2D eigenvalue weighted by atomic mass is 16.5. The van der Waals surface area contributed by atoms with Gasteiger partial charge < -0.3 is 20.5 Å². The molecule has 0 aliphatic carbocycles. The van der Waals surface area contributed by atoms with Gasteiger partial charge in [-0.15, -0.1) is 0 Å². The van der Waals surface area contributed by atoms with Crippen LogP contribution in [0.2, 0.25) is 0 Å². The van der Waals surface area contributed by atoms with Gasteiger partial charge in [-0.3, -0.25) is 9.59 Å². The molecule has 6 heteroatoms. The summed E-state index contributed by atoms with van der Waals surface area (Å²) in [6, 6.07) is -0.285. The fraction of sp³-hybridized carbons (Fsp3) is 0.949. The van der Waals surface area contributed by atoms with Crippen LogP contribution < -0.4 is 10.6 Å². The molecule has 45 heavy (non-hydrogen) atoms. The smallest absolute Gasteiger partial charge is 0.306 e. The van der Waals surface area contributed by atoms with Gasteiger partial charge in [0.25, 0.3) is 0 Å². The lowest BCUT2D eigenvalue weighted by Crippen LogP contribution is -2.44. The number of hydrogen-bond acceptors (Lipinski definition) is 5. The Hall–Kier alpha value is -1.14. The third-order valence-electron chi connectivity index (χ3n) is 9.04. The van der Waals surface area contributed by atoms with Gasteiger partial charge in [-0.2, -0.15) is 0 Å². The number of rotatable bonds is 36. The largest absolute Gasteiger partial charge is 0.462 e. The van der Waals surface area contributed by atoms with Crippen LogP contribution >= 0.6 is 0 Å². The van der Waals surface area contributed by atoms with E-state index < -0.39 is 0 Å². The molecule has 0 rings (SSSR count). The van der Waals surface area contributed by atoms with Gasteiger partial charge >= 0.3 is 5.97 Å². The summed E-state index contributed by atoms with van der Waals surface area (Å²) >= 11 is 0. The topological polar surface area (TPSA) is 87.7 Å². The number of hydrogen-bond donors (Lipinski definition) is 3. The molecule has 0 fully saturated rings. The Balaban J connectivity index is 4.15.